The van der Waals surface area contributed by atoms with Gasteiger partial charge < -0.3 is 20.1 Å². The molecule has 0 radical (unpaired) electrons. The molecule has 1 amide bonds. The molecule has 5 rings (SSSR count). The van der Waals surface area contributed by atoms with E-state index in [0.29, 0.717) is 34.6 Å². The molecule has 5 nitrogen and oxygen atoms in total. The zero-order valence-corrected chi connectivity index (χ0v) is 22.2. The van der Waals surface area contributed by atoms with Crippen molar-refractivity contribution >= 4 is 51.8 Å². The number of halogens is 1. The smallest absolute Gasteiger partial charge is 0.260 e. The maximum absolute atomic E-state index is 12.7. The molecule has 37 heavy (non-hydrogen) atoms. The highest BCUT2D eigenvalue weighted by atomic mass is 35.5. The zero-order chi connectivity index (χ0) is 25.8. The molecule has 2 N–H and O–H groups in total. The van der Waals surface area contributed by atoms with Crippen LogP contribution in [-0.4, -0.2) is 18.0 Å². The molecule has 1 atom stereocenters. The van der Waals surface area contributed by atoms with Crippen LogP contribution in [0.3, 0.4) is 0 Å². The summed E-state index contributed by atoms with van der Waals surface area (Å²) in [5, 5.41) is 9.31. The second kappa shape index (κ2) is 11.2. The number of ether oxygens (including phenoxy) is 2. The third-order valence-electron chi connectivity index (χ3n) is 6.05. The van der Waals surface area contributed by atoms with E-state index in [1.807, 2.05) is 74.5 Å². The first-order valence-electron chi connectivity index (χ1n) is 12.1. The van der Waals surface area contributed by atoms with E-state index in [1.165, 1.54) is 22.5 Å². The minimum Gasteiger partial charge on any atom is -0.490 e. The first-order valence-corrected chi connectivity index (χ1v) is 13.3. The van der Waals surface area contributed by atoms with Crippen LogP contribution < -0.4 is 20.1 Å². The number of fused-ring (bicyclic) bond motifs is 1. The Labute approximate surface area is 225 Å². The van der Waals surface area contributed by atoms with E-state index in [4.69, 9.17) is 21.1 Å². The van der Waals surface area contributed by atoms with Crippen LogP contribution in [0.2, 0.25) is 5.02 Å². The minimum absolute atomic E-state index is 0.128. The van der Waals surface area contributed by atoms with Crippen LogP contribution >= 0.6 is 23.4 Å². The third-order valence-corrected chi connectivity index (χ3v) is 7.31. The number of hydrogen-bond acceptors (Lipinski definition) is 5. The van der Waals surface area contributed by atoms with E-state index in [2.05, 4.69) is 34.9 Å². The molecule has 188 valence electrons. The summed E-state index contributed by atoms with van der Waals surface area (Å²) in [6.07, 6.45) is 1.86. The van der Waals surface area contributed by atoms with Gasteiger partial charge in [-0.1, -0.05) is 78.0 Å². The van der Waals surface area contributed by atoms with Crippen molar-refractivity contribution < 1.29 is 14.3 Å². The second-order valence-corrected chi connectivity index (χ2v) is 10.2. The van der Waals surface area contributed by atoms with Crippen molar-refractivity contribution in [1.82, 2.24) is 5.32 Å². The van der Waals surface area contributed by atoms with Crippen molar-refractivity contribution in [3.63, 3.8) is 0 Å². The number of thioether (sulfide) groups is 1. The van der Waals surface area contributed by atoms with Gasteiger partial charge in [-0.3, -0.25) is 4.79 Å². The monoisotopic (exact) mass is 530 g/mol. The van der Waals surface area contributed by atoms with E-state index >= 15 is 0 Å². The van der Waals surface area contributed by atoms with Crippen LogP contribution in [0.5, 0.6) is 11.5 Å². The molecule has 0 bridgehead atoms. The maximum atomic E-state index is 12.7. The average molecular weight is 531 g/mol. The Morgan fingerprint density at radius 2 is 1.84 bits per heavy atom. The Bertz CT molecular complexity index is 1480. The quantitative estimate of drug-likeness (QED) is 0.233. The number of rotatable bonds is 8. The highest BCUT2D eigenvalue weighted by Crippen LogP contribution is 2.35. The van der Waals surface area contributed by atoms with Gasteiger partial charge in [0.05, 0.1) is 11.5 Å². The minimum atomic E-state index is -0.286. The topological polar surface area (TPSA) is 59.6 Å². The number of carbonyl (C=O) groups excluding carboxylic acids is 1. The van der Waals surface area contributed by atoms with E-state index in [0.717, 1.165) is 22.4 Å². The van der Waals surface area contributed by atoms with Gasteiger partial charge in [-0.15, -0.1) is 0 Å². The van der Waals surface area contributed by atoms with Crippen molar-refractivity contribution in [2.45, 2.75) is 26.0 Å². The van der Waals surface area contributed by atoms with E-state index < -0.39 is 0 Å². The maximum Gasteiger partial charge on any atom is 0.260 e. The van der Waals surface area contributed by atoms with Crippen molar-refractivity contribution in [3.8, 4) is 11.5 Å². The molecular formula is C30H27ClN2O3S. The third kappa shape index (κ3) is 5.87. The lowest BCUT2D eigenvalue weighted by molar-refractivity contribution is -0.116. The molecule has 0 spiro atoms. The molecule has 1 aliphatic rings. The van der Waals surface area contributed by atoms with Gasteiger partial charge in [-0.05, 0) is 71.7 Å². The number of benzene rings is 4. The first-order chi connectivity index (χ1) is 18.0. The van der Waals surface area contributed by atoms with Gasteiger partial charge in [0.2, 0.25) is 0 Å². The summed E-state index contributed by atoms with van der Waals surface area (Å²) >= 11 is 7.56. The summed E-state index contributed by atoms with van der Waals surface area (Å²) in [5.41, 5.74) is 3.62. The van der Waals surface area contributed by atoms with Crippen molar-refractivity contribution in [3.05, 3.63) is 105 Å². The molecule has 0 aliphatic carbocycles. The normalized spacial score (nSPS) is 16.1. The van der Waals surface area contributed by atoms with Crippen LogP contribution in [0.4, 0.5) is 5.69 Å². The molecule has 4 aromatic rings. The van der Waals surface area contributed by atoms with Crippen molar-refractivity contribution in [2.24, 2.45) is 0 Å². The zero-order valence-electron chi connectivity index (χ0n) is 20.6. The molecule has 7 heteroatoms. The molecule has 0 aromatic heterocycles. The summed E-state index contributed by atoms with van der Waals surface area (Å²) < 4.78 is 12.1. The molecule has 1 heterocycles. The number of anilines is 1. The summed E-state index contributed by atoms with van der Waals surface area (Å²) in [6, 6.07) is 25.9. The van der Waals surface area contributed by atoms with Gasteiger partial charge in [0.1, 0.15) is 6.61 Å². The van der Waals surface area contributed by atoms with E-state index in [9.17, 15) is 4.79 Å². The van der Waals surface area contributed by atoms with Gasteiger partial charge in [-0.2, -0.15) is 0 Å². The summed E-state index contributed by atoms with van der Waals surface area (Å²) in [4.78, 5) is 13.3. The number of carbonyl (C=O) groups is 1. The number of nitrogens with one attached hydrogen (secondary N) is 2. The molecule has 0 saturated carbocycles. The fourth-order valence-electron chi connectivity index (χ4n) is 4.18. The van der Waals surface area contributed by atoms with Crippen LogP contribution in [0.25, 0.3) is 16.8 Å². The second-order valence-electron chi connectivity index (χ2n) is 8.65. The van der Waals surface area contributed by atoms with E-state index in [-0.39, 0.29) is 11.4 Å². The van der Waals surface area contributed by atoms with Crippen molar-refractivity contribution in [2.75, 3.05) is 11.9 Å². The van der Waals surface area contributed by atoms with E-state index in [1.54, 1.807) is 0 Å². The van der Waals surface area contributed by atoms with Crippen molar-refractivity contribution in [1.29, 1.82) is 0 Å². The summed E-state index contributed by atoms with van der Waals surface area (Å²) in [5.74, 6) is 1.18. The highest BCUT2D eigenvalue weighted by molar-refractivity contribution is 8.05. The fourth-order valence-corrected chi connectivity index (χ4v) is 5.33. The predicted octanol–water partition coefficient (Wildman–Crippen LogP) is 7.38. The largest absolute Gasteiger partial charge is 0.490 e. The van der Waals surface area contributed by atoms with Gasteiger partial charge in [0.15, 0.2) is 17.0 Å². The first kappa shape index (κ1) is 25.1. The van der Waals surface area contributed by atoms with Crippen LogP contribution in [0.1, 0.15) is 23.6 Å². The fraction of sp³-hybridized carbons (Fsp3) is 0.167. The number of amides is 1. The molecule has 1 aliphatic heterocycles. The predicted molar refractivity (Wildman–Crippen MR) is 153 cm³/mol. The molecule has 1 unspecified atom stereocenters. The molecular weight excluding hydrogens is 504 g/mol. The Kier molecular flexibility index (Phi) is 7.58. The van der Waals surface area contributed by atoms with Gasteiger partial charge in [0, 0.05) is 10.7 Å². The van der Waals surface area contributed by atoms with Gasteiger partial charge in [0.25, 0.3) is 5.91 Å². The Balaban J connectivity index is 1.31. The number of aryl methyl sites for hydroxylation is 1. The number of hydrogen-bond donors (Lipinski definition) is 2. The van der Waals surface area contributed by atoms with Crippen LogP contribution in [0.15, 0.2) is 83.8 Å². The van der Waals surface area contributed by atoms with Gasteiger partial charge in [-0.25, -0.2) is 0 Å². The molecule has 4 aromatic carbocycles. The Hall–Kier alpha value is -3.61. The molecule has 1 fully saturated rings. The standard InChI is InChI=1S/C30H27ClN2O3S/c1-3-35-27-15-20(12-14-26(27)36-18-22-9-6-8-21-7-4-5-10-24(21)22)16-28-29(34)33-30(37-28)32-25-17-23(31)13-11-19(25)2/h4-17,30,32H,3,18H2,1-2H3,(H,33,34)/b28-16-. The lowest BCUT2D eigenvalue weighted by Gasteiger charge is -2.15. The lowest BCUT2D eigenvalue weighted by atomic mass is 10.1. The Morgan fingerprint density at radius 3 is 2.70 bits per heavy atom. The summed E-state index contributed by atoms with van der Waals surface area (Å²) in [7, 11) is 0. The highest BCUT2D eigenvalue weighted by Gasteiger charge is 2.27. The Morgan fingerprint density at radius 1 is 1.00 bits per heavy atom. The van der Waals surface area contributed by atoms with Crippen LogP contribution in [0, 0.1) is 6.92 Å². The molecule has 1 saturated heterocycles. The van der Waals surface area contributed by atoms with Crippen LogP contribution in [-0.2, 0) is 11.4 Å². The van der Waals surface area contributed by atoms with Gasteiger partial charge >= 0.3 is 0 Å². The average Bonchev–Trinajstić information content (AvgIpc) is 3.24. The SMILES string of the molecule is CCOc1cc(/C=C2\SC(Nc3cc(Cl)ccc3C)NC2=O)ccc1OCc1cccc2ccccc12. The summed E-state index contributed by atoms with van der Waals surface area (Å²) in [6.45, 7) is 4.87. The lowest BCUT2D eigenvalue weighted by Crippen LogP contribution is -2.31.